The summed E-state index contributed by atoms with van der Waals surface area (Å²) in [5, 5.41) is 8.79. The van der Waals surface area contributed by atoms with Crippen molar-refractivity contribution >= 4 is 17.7 Å². The Balaban J connectivity index is 2.35. The molecule has 19 heavy (non-hydrogen) atoms. The highest BCUT2D eigenvalue weighted by atomic mass is 32.2. The number of nitriles is 1. The Morgan fingerprint density at radius 1 is 1.42 bits per heavy atom. The van der Waals surface area contributed by atoms with E-state index in [4.69, 9.17) is 5.26 Å². The highest BCUT2D eigenvalue weighted by Crippen LogP contribution is 2.18. The number of rotatable bonds is 7. The molecule has 0 bridgehead atoms. The smallest absolute Gasteiger partial charge is 0.223 e. The van der Waals surface area contributed by atoms with Crippen molar-refractivity contribution in [1.82, 2.24) is 4.90 Å². The van der Waals surface area contributed by atoms with Crippen LogP contribution in [0.4, 0.5) is 0 Å². The minimum Gasteiger partial charge on any atom is -0.342 e. The molecular weight excluding hydrogens is 256 g/mol. The lowest BCUT2D eigenvalue weighted by molar-refractivity contribution is -0.130. The molecule has 0 unspecified atom stereocenters. The van der Waals surface area contributed by atoms with Gasteiger partial charge in [0.1, 0.15) is 0 Å². The Hall–Kier alpha value is -1.47. The first kappa shape index (κ1) is 15.6. The molecule has 1 aromatic rings. The molecule has 0 N–H and O–H groups in total. The number of amides is 1. The van der Waals surface area contributed by atoms with Crippen LogP contribution in [-0.2, 0) is 4.79 Å². The summed E-state index contributed by atoms with van der Waals surface area (Å²) in [6.07, 6.45) is 0.519. The van der Waals surface area contributed by atoms with Crippen LogP contribution < -0.4 is 0 Å². The minimum absolute atomic E-state index is 0.106. The van der Waals surface area contributed by atoms with Crippen LogP contribution in [0.2, 0.25) is 0 Å². The van der Waals surface area contributed by atoms with Gasteiger partial charge in [-0.15, -0.1) is 11.8 Å². The first-order valence-corrected chi connectivity index (χ1v) is 7.51. The van der Waals surface area contributed by atoms with Gasteiger partial charge in [0.25, 0.3) is 0 Å². The monoisotopic (exact) mass is 276 g/mol. The molecule has 3 nitrogen and oxygen atoms in total. The Morgan fingerprint density at radius 2 is 2.11 bits per heavy atom. The van der Waals surface area contributed by atoms with Crippen LogP contribution in [0.3, 0.4) is 0 Å². The van der Waals surface area contributed by atoms with Crippen molar-refractivity contribution in [2.75, 3.05) is 18.8 Å². The third-order valence-corrected chi connectivity index (χ3v) is 3.79. The van der Waals surface area contributed by atoms with Crippen LogP contribution in [0.5, 0.6) is 0 Å². The zero-order valence-corrected chi connectivity index (χ0v) is 12.3. The van der Waals surface area contributed by atoms with Gasteiger partial charge in [0.05, 0.1) is 12.0 Å². The molecule has 0 saturated heterocycles. The van der Waals surface area contributed by atoms with E-state index in [0.717, 1.165) is 5.75 Å². The molecule has 0 fully saturated rings. The predicted octanol–water partition coefficient (Wildman–Crippen LogP) is 3.18. The molecule has 0 aromatic heterocycles. The van der Waals surface area contributed by atoms with Crippen LogP contribution in [0, 0.1) is 17.2 Å². The van der Waals surface area contributed by atoms with E-state index in [1.807, 2.05) is 44.2 Å². The maximum Gasteiger partial charge on any atom is 0.223 e. The van der Waals surface area contributed by atoms with Gasteiger partial charge in [0.2, 0.25) is 5.91 Å². The molecule has 0 heterocycles. The van der Waals surface area contributed by atoms with E-state index in [0.29, 0.717) is 19.5 Å². The maximum atomic E-state index is 12.0. The molecule has 0 saturated carbocycles. The van der Waals surface area contributed by atoms with Gasteiger partial charge in [-0.1, -0.05) is 18.2 Å². The van der Waals surface area contributed by atoms with Crippen molar-refractivity contribution in [2.45, 2.75) is 25.2 Å². The van der Waals surface area contributed by atoms with Crippen molar-refractivity contribution in [3.05, 3.63) is 30.3 Å². The summed E-state index contributed by atoms with van der Waals surface area (Å²) >= 11 is 1.69. The van der Waals surface area contributed by atoms with Gasteiger partial charge in [0.15, 0.2) is 0 Å². The topological polar surface area (TPSA) is 44.1 Å². The van der Waals surface area contributed by atoms with Crippen molar-refractivity contribution < 1.29 is 4.79 Å². The fourth-order valence-corrected chi connectivity index (χ4v) is 2.57. The van der Waals surface area contributed by atoms with Crippen molar-refractivity contribution in [3.63, 3.8) is 0 Å². The highest BCUT2D eigenvalue weighted by molar-refractivity contribution is 7.99. The van der Waals surface area contributed by atoms with E-state index in [9.17, 15) is 4.79 Å². The minimum atomic E-state index is -0.106. The van der Waals surface area contributed by atoms with Gasteiger partial charge in [0, 0.05) is 30.2 Å². The fourth-order valence-electron chi connectivity index (χ4n) is 1.71. The summed E-state index contributed by atoms with van der Waals surface area (Å²) in [6.45, 7) is 4.99. The van der Waals surface area contributed by atoms with Crippen molar-refractivity contribution in [1.29, 1.82) is 5.26 Å². The molecule has 4 heteroatoms. The Bertz CT molecular complexity index is 428. The Labute approximate surface area is 119 Å². The molecule has 0 aliphatic rings. The third kappa shape index (κ3) is 5.80. The third-order valence-electron chi connectivity index (χ3n) is 2.78. The lowest BCUT2D eigenvalue weighted by atomic mass is 10.2. The van der Waals surface area contributed by atoms with E-state index >= 15 is 0 Å². The second-order valence-electron chi connectivity index (χ2n) is 4.37. The second kappa shape index (κ2) is 8.60. The Morgan fingerprint density at radius 3 is 2.68 bits per heavy atom. The number of carbonyl (C=O) groups is 1. The molecule has 0 aliphatic heterocycles. The summed E-state index contributed by atoms with van der Waals surface area (Å²) in [5.74, 6) is 0.805. The number of hydrogen-bond donors (Lipinski definition) is 0. The summed E-state index contributed by atoms with van der Waals surface area (Å²) in [7, 11) is 0. The number of carbonyl (C=O) groups excluding carboxylic acids is 1. The van der Waals surface area contributed by atoms with Crippen LogP contribution >= 0.6 is 11.8 Å². The average molecular weight is 276 g/mol. The van der Waals surface area contributed by atoms with E-state index < -0.39 is 0 Å². The lowest BCUT2D eigenvalue weighted by Gasteiger charge is -2.21. The first-order chi connectivity index (χ1) is 9.17. The first-order valence-electron chi connectivity index (χ1n) is 6.52. The molecular formula is C15H20N2OS. The number of thioether (sulfide) groups is 1. The van der Waals surface area contributed by atoms with Gasteiger partial charge >= 0.3 is 0 Å². The van der Waals surface area contributed by atoms with E-state index in [1.165, 1.54) is 4.90 Å². The standard InChI is InChI=1S/C15H20N2OS/c1-3-17(12-13(2)11-16)15(18)9-10-19-14-7-5-4-6-8-14/h4-8,13H,3,9-10,12H2,1-2H3/t13-/m0/s1. The van der Waals surface area contributed by atoms with Crippen LogP contribution in [-0.4, -0.2) is 29.6 Å². The van der Waals surface area contributed by atoms with Crippen LogP contribution in [0.25, 0.3) is 0 Å². The predicted molar refractivity (Wildman–Crippen MR) is 78.8 cm³/mol. The Kier molecular flexibility index (Phi) is 7.06. The largest absolute Gasteiger partial charge is 0.342 e. The van der Waals surface area contributed by atoms with E-state index in [-0.39, 0.29) is 11.8 Å². The summed E-state index contributed by atoms with van der Waals surface area (Å²) < 4.78 is 0. The molecule has 0 aliphatic carbocycles. The van der Waals surface area contributed by atoms with Gasteiger partial charge in [-0.25, -0.2) is 0 Å². The SMILES string of the molecule is CCN(C[C@@H](C)C#N)C(=O)CCSc1ccccc1. The molecule has 1 atom stereocenters. The van der Waals surface area contributed by atoms with Crippen molar-refractivity contribution in [3.8, 4) is 6.07 Å². The molecule has 1 amide bonds. The quantitative estimate of drug-likeness (QED) is 0.718. The summed E-state index contributed by atoms with van der Waals surface area (Å²) in [6, 6.07) is 12.2. The zero-order valence-electron chi connectivity index (χ0n) is 11.5. The van der Waals surface area contributed by atoms with Crippen LogP contribution in [0.15, 0.2) is 35.2 Å². The molecule has 0 spiro atoms. The van der Waals surface area contributed by atoms with Gasteiger partial charge in [-0.3, -0.25) is 4.79 Å². The molecule has 1 aromatic carbocycles. The zero-order chi connectivity index (χ0) is 14.1. The molecule has 102 valence electrons. The van der Waals surface area contributed by atoms with E-state index in [1.54, 1.807) is 16.7 Å². The average Bonchev–Trinajstić information content (AvgIpc) is 2.45. The van der Waals surface area contributed by atoms with E-state index in [2.05, 4.69) is 6.07 Å². The number of nitrogens with zero attached hydrogens (tertiary/aromatic N) is 2. The summed E-state index contributed by atoms with van der Waals surface area (Å²) in [4.78, 5) is 15.0. The molecule has 0 radical (unpaired) electrons. The van der Waals surface area contributed by atoms with Gasteiger partial charge in [-0.05, 0) is 26.0 Å². The summed E-state index contributed by atoms with van der Waals surface area (Å²) in [5.41, 5.74) is 0. The van der Waals surface area contributed by atoms with Gasteiger partial charge < -0.3 is 4.90 Å². The van der Waals surface area contributed by atoms with Crippen LogP contribution in [0.1, 0.15) is 20.3 Å². The lowest BCUT2D eigenvalue weighted by Crippen LogP contribution is -2.34. The van der Waals surface area contributed by atoms with Gasteiger partial charge in [-0.2, -0.15) is 5.26 Å². The number of benzene rings is 1. The maximum absolute atomic E-state index is 12.0. The number of hydrogen-bond acceptors (Lipinski definition) is 3. The molecule has 1 rings (SSSR count). The highest BCUT2D eigenvalue weighted by Gasteiger charge is 2.14. The fraction of sp³-hybridized carbons (Fsp3) is 0.467. The van der Waals surface area contributed by atoms with Crippen molar-refractivity contribution in [2.24, 2.45) is 5.92 Å². The normalized spacial score (nSPS) is 11.6. The second-order valence-corrected chi connectivity index (χ2v) is 5.54.